The monoisotopic (exact) mass is 401 g/mol. The van der Waals surface area contributed by atoms with E-state index in [-0.39, 0.29) is 11.7 Å². The molecule has 3 aromatic rings. The number of nitrogens with zero attached hydrogens (tertiary/aromatic N) is 3. The van der Waals surface area contributed by atoms with Crippen molar-refractivity contribution in [1.29, 1.82) is 0 Å². The molecule has 8 heteroatoms. The van der Waals surface area contributed by atoms with E-state index in [2.05, 4.69) is 10.9 Å². The highest BCUT2D eigenvalue weighted by atomic mass is 32.2. The third kappa shape index (κ3) is 4.68. The first-order chi connectivity index (χ1) is 13.4. The van der Waals surface area contributed by atoms with Crippen LogP contribution in [0.3, 0.4) is 0 Å². The van der Waals surface area contributed by atoms with Gasteiger partial charge >= 0.3 is 0 Å². The van der Waals surface area contributed by atoms with Gasteiger partial charge in [0, 0.05) is 18.4 Å². The van der Waals surface area contributed by atoms with Gasteiger partial charge in [0.1, 0.15) is 11.6 Å². The van der Waals surface area contributed by atoms with Crippen LogP contribution < -0.4 is 0 Å². The molecule has 0 bridgehead atoms. The molecule has 0 aliphatic rings. The number of sulfone groups is 1. The van der Waals surface area contributed by atoms with Gasteiger partial charge in [-0.25, -0.2) is 17.8 Å². The van der Waals surface area contributed by atoms with Gasteiger partial charge in [-0.1, -0.05) is 24.1 Å². The Kier molecular flexibility index (Phi) is 5.97. The van der Waals surface area contributed by atoms with Crippen molar-refractivity contribution in [3.8, 4) is 12.3 Å². The van der Waals surface area contributed by atoms with Crippen molar-refractivity contribution in [3.05, 3.63) is 71.7 Å². The molecule has 3 rings (SSSR count). The van der Waals surface area contributed by atoms with Gasteiger partial charge in [0.05, 0.1) is 37.8 Å². The number of rotatable bonds is 8. The summed E-state index contributed by atoms with van der Waals surface area (Å²) in [6, 6.07) is 9.87. The molecular formula is C20H20FN3O3S. The molecule has 6 nitrogen and oxygen atoms in total. The average Bonchev–Trinajstić information content (AvgIpc) is 3.27. The third-order valence-corrected chi connectivity index (χ3v) is 5.17. The molecule has 0 N–H and O–H groups in total. The molecule has 0 saturated heterocycles. The summed E-state index contributed by atoms with van der Waals surface area (Å²) in [5.41, 5.74) is 0.992. The molecular weight excluding hydrogens is 381 g/mol. The molecule has 0 radical (unpaired) electrons. The summed E-state index contributed by atoms with van der Waals surface area (Å²) in [5, 5.41) is -0.107. The lowest BCUT2D eigenvalue weighted by atomic mass is 10.2. The largest absolute Gasteiger partial charge is 0.468 e. The SMILES string of the molecule is C#CCN(Cc1ccco1)Cc1cnc(S(C)(=O)=O)n1Cc1ccccc1F. The Bertz CT molecular complexity index is 1080. The van der Waals surface area contributed by atoms with Crippen LogP contribution >= 0.6 is 0 Å². The second-order valence-electron chi connectivity index (χ2n) is 6.41. The summed E-state index contributed by atoms with van der Waals surface area (Å²) < 4.78 is 45.4. The second kappa shape index (κ2) is 8.42. The Balaban J connectivity index is 1.94. The molecule has 0 atom stereocenters. The number of imidazole rings is 1. The van der Waals surface area contributed by atoms with Gasteiger partial charge in [-0.3, -0.25) is 4.90 Å². The highest BCUT2D eigenvalue weighted by Gasteiger charge is 2.21. The Hall–Kier alpha value is -2.89. The van der Waals surface area contributed by atoms with E-state index in [0.717, 1.165) is 12.0 Å². The van der Waals surface area contributed by atoms with E-state index in [4.69, 9.17) is 10.8 Å². The lowest BCUT2D eigenvalue weighted by molar-refractivity contribution is 0.257. The zero-order valence-corrected chi connectivity index (χ0v) is 16.2. The zero-order chi connectivity index (χ0) is 20.1. The fourth-order valence-corrected chi connectivity index (χ4v) is 3.76. The van der Waals surface area contributed by atoms with Crippen LogP contribution in [0, 0.1) is 18.2 Å². The number of furan rings is 1. The van der Waals surface area contributed by atoms with Crippen LogP contribution in [0.1, 0.15) is 17.0 Å². The summed E-state index contributed by atoms with van der Waals surface area (Å²) in [7, 11) is -3.59. The van der Waals surface area contributed by atoms with E-state index in [1.54, 1.807) is 30.5 Å². The molecule has 0 aliphatic carbocycles. The van der Waals surface area contributed by atoms with Gasteiger partial charge < -0.3 is 8.98 Å². The van der Waals surface area contributed by atoms with E-state index in [9.17, 15) is 12.8 Å². The lowest BCUT2D eigenvalue weighted by Crippen LogP contribution is -2.25. The molecule has 146 valence electrons. The number of hydrogen-bond donors (Lipinski definition) is 0. The van der Waals surface area contributed by atoms with Crippen LogP contribution in [0.15, 0.2) is 58.4 Å². The highest BCUT2D eigenvalue weighted by molar-refractivity contribution is 7.90. The first kappa shape index (κ1) is 19.9. The number of aromatic nitrogens is 2. The highest BCUT2D eigenvalue weighted by Crippen LogP contribution is 2.19. The van der Waals surface area contributed by atoms with Gasteiger partial charge in [0.25, 0.3) is 0 Å². The number of hydrogen-bond acceptors (Lipinski definition) is 5. The summed E-state index contributed by atoms with van der Waals surface area (Å²) in [6.45, 7) is 1.17. The summed E-state index contributed by atoms with van der Waals surface area (Å²) in [6.07, 6.45) is 9.63. The van der Waals surface area contributed by atoms with Crippen LogP contribution in [-0.2, 0) is 29.5 Å². The van der Waals surface area contributed by atoms with Crippen molar-refractivity contribution in [2.45, 2.75) is 24.8 Å². The van der Waals surface area contributed by atoms with Gasteiger partial charge in [0.2, 0.25) is 15.0 Å². The quantitative estimate of drug-likeness (QED) is 0.543. The average molecular weight is 401 g/mol. The van der Waals surface area contributed by atoms with Crippen molar-refractivity contribution in [2.24, 2.45) is 0 Å². The minimum absolute atomic E-state index is 0.0507. The van der Waals surface area contributed by atoms with E-state index in [1.165, 1.54) is 16.8 Å². The topological polar surface area (TPSA) is 68.3 Å². The predicted molar refractivity (Wildman–Crippen MR) is 102 cm³/mol. The van der Waals surface area contributed by atoms with Crippen LogP contribution in [-0.4, -0.2) is 35.7 Å². The second-order valence-corrected chi connectivity index (χ2v) is 8.32. The molecule has 0 spiro atoms. The van der Waals surface area contributed by atoms with E-state index >= 15 is 0 Å². The Morgan fingerprint density at radius 1 is 1.25 bits per heavy atom. The first-order valence-electron chi connectivity index (χ1n) is 8.54. The molecule has 0 aliphatic heterocycles. The molecule has 0 fully saturated rings. The first-order valence-corrected chi connectivity index (χ1v) is 10.4. The number of terminal acetylenes is 1. The van der Waals surface area contributed by atoms with Crippen molar-refractivity contribution >= 4 is 9.84 Å². The van der Waals surface area contributed by atoms with Gasteiger partial charge in [-0.2, -0.15) is 0 Å². The van der Waals surface area contributed by atoms with E-state index in [1.807, 2.05) is 11.0 Å². The summed E-state index contributed by atoms with van der Waals surface area (Å²) in [4.78, 5) is 5.99. The van der Waals surface area contributed by atoms with Crippen LogP contribution in [0.25, 0.3) is 0 Å². The van der Waals surface area contributed by atoms with Gasteiger partial charge in [-0.05, 0) is 18.2 Å². The normalized spacial score (nSPS) is 11.6. The van der Waals surface area contributed by atoms with Gasteiger partial charge in [0.15, 0.2) is 0 Å². The Morgan fingerprint density at radius 3 is 2.68 bits per heavy atom. The van der Waals surface area contributed by atoms with Gasteiger partial charge in [-0.15, -0.1) is 6.42 Å². The maximum absolute atomic E-state index is 14.1. The van der Waals surface area contributed by atoms with Crippen LogP contribution in [0.2, 0.25) is 0 Å². The number of halogens is 1. The zero-order valence-electron chi connectivity index (χ0n) is 15.4. The standard InChI is InChI=1S/C20H20FN3O3S/c1-3-10-23(15-18-8-6-11-27-18)14-17-12-22-20(28(2,25)26)24(17)13-16-7-4-5-9-19(16)21/h1,4-9,11-12H,10,13-15H2,2H3. The maximum atomic E-state index is 14.1. The Labute approximate surface area is 163 Å². The summed E-state index contributed by atoms with van der Waals surface area (Å²) in [5.74, 6) is 2.92. The van der Waals surface area contributed by atoms with Crippen molar-refractivity contribution in [1.82, 2.24) is 14.5 Å². The lowest BCUT2D eigenvalue weighted by Gasteiger charge is -2.20. The summed E-state index contributed by atoms with van der Waals surface area (Å²) >= 11 is 0. The van der Waals surface area contributed by atoms with Crippen LogP contribution in [0.5, 0.6) is 0 Å². The Morgan fingerprint density at radius 2 is 2.04 bits per heavy atom. The van der Waals surface area contributed by atoms with Crippen LogP contribution in [0.4, 0.5) is 4.39 Å². The molecule has 2 aromatic heterocycles. The fourth-order valence-electron chi connectivity index (χ4n) is 2.93. The van der Waals surface area contributed by atoms with Crippen molar-refractivity contribution < 1.29 is 17.2 Å². The van der Waals surface area contributed by atoms with E-state index in [0.29, 0.717) is 30.9 Å². The van der Waals surface area contributed by atoms with Crippen molar-refractivity contribution in [2.75, 3.05) is 12.8 Å². The van der Waals surface area contributed by atoms with Crippen molar-refractivity contribution in [3.63, 3.8) is 0 Å². The number of benzene rings is 1. The predicted octanol–water partition coefficient (Wildman–Crippen LogP) is 2.70. The molecule has 0 amide bonds. The molecule has 2 heterocycles. The maximum Gasteiger partial charge on any atom is 0.227 e. The third-order valence-electron chi connectivity index (χ3n) is 4.18. The minimum atomic E-state index is -3.59. The van der Waals surface area contributed by atoms with E-state index < -0.39 is 15.7 Å². The fraction of sp³-hybridized carbons (Fsp3) is 0.250. The molecule has 0 saturated carbocycles. The molecule has 1 aromatic carbocycles. The molecule has 28 heavy (non-hydrogen) atoms. The molecule has 0 unspecified atom stereocenters. The minimum Gasteiger partial charge on any atom is -0.468 e. The smallest absolute Gasteiger partial charge is 0.227 e.